The van der Waals surface area contributed by atoms with E-state index < -0.39 is 11.6 Å². The van der Waals surface area contributed by atoms with Crippen LogP contribution in [0.1, 0.15) is 131 Å². The van der Waals surface area contributed by atoms with Gasteiger partial charge in [0.1, 0.15) is 11.6 Å². The topological polar surface area (TPSA) is 12.9 Å². The highest BCUT2D eigenvalue weighted by Crippen LogP contribution is 2.33. The van der Waals surface area contributed by atoms with E-state index in [4.69, 9.17) is 0 Å². The number of pyridine rings is 1. The summed E-state index contributed by atoms with van der Waals surface area (Å²) < 4.78 is 27.7. The number of allylic oxidation sites excluding steroid dienone is 1. The van der Waals surface area contributed by atoms with Crippen molar-refractivity contribution in [1.29, 1.82) is 0 Å². The molecule has 0 unspecified atom stereocenters. The molecule has 4 rings (SSSR count). The predicted molar refractivity (Wildman–Crippen MR) is 203 cm³/mol. The van der Waals surface area contributed by atoms with Crippen molar-refractivity contribution < 1.29 is 8.78 Å². The monoisotopic (exact) mass is 631 g/mol. The zero-order chi connectivity index (χ0) is 34.7. The second-order valence-electron chi connectivity index (χ2n) is 10.9. The first-order valence-electron chi connectivity index (χ1n) is 18.0. The van der Waals surface area contributed by atoms with E-state index in [1.807, 2.05) is 39.8 Å². The summed E-state index contributed by atoms with van der Waals surface area (Å²) in [7, 11) is 0. The molecule has 0 saturated heterocycles. The fourth-order valence-corrected chi connectivity index (χ4v) is 4.98. The summed E-state index contributed by atoms with van der Waals surface area (Å²) >= 11 is 0. The summed E-state index contributed by atoms with van der Waals surface area (Å²) in [5, 5.41) is 1.02. The van der Waals surface area contributed by atoms with Crippen LogP contribution in [0.4, 0.5) is 8.78 Å². The van der Waals surface area contributed by atoms with Crippen LogP contribution in [-0.2, 0) is 12.8 Å². The Morgan fingerprint density at radius 2 is 1.22 bits per heavy atom. The normalized spacial score (nSPS) is 9.80. The molecule has 0 aliphatic heterocycles. The Bertz CT molecular complexity index is 1330. The largest absolute Gasteiger partial charge is 0.256 e. The van der Waals surface area contributed by atoms with Gasteiger partial charge < -0.3 is 0 Å². The molecule has 46 heavy (non-hydrogen) atoms. The van der Waals surface area contributed by atoms with Gasteiger partial charge in [0, 0.05) is 23.2 Å². The van der Waals surface area contributed by atoms with Crippen molar-refractivity contribution in [1.82, 2.24) is 4.98 Å². The second-order valence-corrected chi connectivity index (χ2v) is 10.9. The quantitative estimate of drug-likeness (QED) is 0.112. The smallest absolute Gasteiger partial charge is 0.126 e. The van der Waals surface area contributed by atoms with Gasteiger partial charge in [0.25, 0.3) is 0 Å². The van der Waals surface area contributed by atoms with Crippen molar-refractivity contribution in [2.75, 3.05) is 0 Å². The van der Waals surface area contributed by atoms with E-state index >= 15 is 0 Å². The number of aryl methyl sites for hydroxylation is 1. The van der Waals surface area contributed by atoms with E-state index in [0.29, 0.717) is 5.56 Å². The summed E-state index contributed by atoms with van der Waals surface area (Å²) in [6, 6.07) is 18.3. The third kappa shape index (κ3) is 15.3. The molecule has 0 spiro atoms. The van der Waals surface area contributed by atoms with Gasteiger partial charge in [-0.15, -0.1) is 6.58 Å². The predicted octanol–water partition coefficient (Wildman–Crippen LogP) is 14.8. The molecule has 0 aliphatic carbocycles. The molecule has 4 aromatic rings. The molecule has 3 aromatic carbocycles. The van der Waals surface area contributed by atoms with E-state index in [9.17, 15) is 8.78 Å². The zero-order valence-electron chi connectivity index (χ0n) is 30.6. The summed E-state index contributed by atoms with van der Waals surface area (Å²) in [5.74, 6) is -1.17. The van der Waals surface area contributed by atoms with Crippen molar-refractivity contribution in [2.24, 2.45) is 0 Å². The minimum absolute atomic E-state index is 0.517. The van der Waals surface area contributed by atoms with Crippen molar-refractivity contribution in [3.63, 3.8) is 0 Å². The Hall–Kier alpha value is -3.33. The highest BCUT2D eigenvalue weighted by molar-refractivity contribution is 5.92. The summed E-state index contributed by atoms with van der Waals surface area (Å²) in [5.41, 5.74) is 6.67. The maximum absolute atomic E-state index is 13.9. The summed E-state index contributed by atoms with van der Waals surface area (Å²) in [6.07, 6.45) is 17.2. The number of benzene rings is 3. The lowest BCUT2D eigenvalue weighted by Gasteiger charge is -2.14. The van der Waals surface area contributed by atoms with Gasteiger partial charge in [-0.05, 0) is 64.9 Å². The van der Waals surface area contributed by atoms with Crippen LogP contribution in [0.3, 0.4) is 0 Å². The molecule has 3 heteroatoms. The lowest BCUT2D eigenvalue weighted by molar-refractivity contribution is 0.584. The van der Waals surface area contributed by atoms with Gasteiger partial charge in [-0.2, -0.15) is 0 Å². The number of hydrogen-bond acceptors (Lipinski definition) is 1. The molecule has 0 fully saturated rings. The number of hydrogen-bond donors (Lipinski definition) is 0. The third-order valence-corrected chi connectivity index (χ3v) is 7.21. The first-order chi connectivity index (χ1) is 22.4. The molecule has 1 nitrogen and oxygen atoms in total. The summed E-state index contributed by atoms with van der Waals surface area (Å²) in [6.45, 7) is 22.8. The van der Waals surface area contributed by atoms with Gasteiger partial charge in [-0.25, -0.2) is 8.78 Å². The van der Waals surface area contributed by atoms with Crippen LogP contribution >= 0.6 is 0 Å². The number of rotatable bonds is 12. The maximum Gasteiger partial charge on any atom is 0.126 e. The second kappa shape index (κ2) is 26.8. The van der Waals surface area contributed by atoms with Crippen molar-refractivity contribution in [3.8, 4) is 22.3 Å². The molecule has 0 aliphatic rings. The van der Waals surface area contributed by atoms with Crippen LogP contribution in [0.15, 0.2) is 79.5 Å². The van der Waals surface area contributed by atoms with E-state index in [1.54, 1.807) is 6.20 Å². The molecule has 1 aromatic heterocycles. The molecule has 0 amide bonds. The highest BCUT2D eigenvalue weighted by Gasteiger charge is 2.13. The molecule has 0 atom stereocenters. The van der Waals surface area contributed by atoms with Crippen LogP contribution in [0.2, 0.25) is 0 Å². The standard InChI is InChI=1S/C27H23F2N.C7H16.C5H12.2C2H6/c1-3-6-18-8-5-9-19(12-18)20-10-11-27-25(15-20)24(7-4-2)26(17-30-27)21-13-22(28)16-23(29)14-21;1-3-5-7-6-4-2;1-3-5-4-2;2*1-2/h3,5,8-17H,1,4,6-7H2,2H3;3-7H2,1-2H3;3-5H2,1-2H3;2*1-2H3. The van der Waals surface area contributed by atoms with Crippen LogP contribution in [0.25, 0.3) is 33.2 Å². The molecular formula is C43H63F2N. The van der Waals surface area contributed by atoms with Gasteiger partial charge in [-0.1, -0.05) is 157 Å². The molecule has 0 N–H and O–H groups in total. The Kier molecular flexibility index (Phi) is 24.9. The molecule has 1 heterocycles. The summed E-state index contributed by atoms with van der Waals surface area (Å²) in [4.78, 5) is 4.58. The van der Waals surface area contributed by atoms with Crippen LogP contribution in [0.5, 0.6) is 0 Å². The Morgan fingerprint density at radius 1 is 0.630 bits per heavy atom. The van der Waals surface area contributed by atoms with E-state index in [2.05, 4.69) is 82.6 Å². The van der Waals surface area contributed by atoms with Crippen LogP contribution in [-0.4, -0.2) is 4.98 Å². The first kappa shape index (κ1) is 42.7. The van der Waals surface area contributed by atoms with Crippen molar-refractivity contribution in [3.05, 3.63) is 102 Å². The van der Waals surface area contributed by atoms with Gasteiger partial charge >= 0.3 is 0 Å². The van der Waals surface area contributed by atoms with Gasteiger partial charge in [0.15, 0.2) is 0 Å². The minimum atomic E-state index is -0.583. The highest BCUT2D eigenvalue weighted by atomic mass is 19.1. The fraction of sp³-hybridized carbons (Fsp3) is 0.465. The molecular weight excluding hydrogens is 568 g/mol. The third-order valence-electron chi connectivity index (χ3n) is 7.21. The lowest BCUT2D eigenvalue weighted by atomic mass is 9.92. The number of fused-ring (bicyclic) bond motifs is 1. The maximum atomic E-state index is 13.9. The Labute approximate surface area is 281 Å². The molecule has 254 valence electrons. The van der Waals surface area contributed by atoms with Crippen LogP contribution < -0.4 is 0 Å². The average Bonchev–Trinajstić information content (AvgIpc) is 3.08. The number of unbranched alkanes of at least 4 members (excludes halogenated alkanes) is 6. The average molecular weight is 632 g/mol. The number of nitrogens with zero attached hydrogens (tertiary/aromatic N) is 1. The fourth-order valence-electron chi connectivity index (χ4n) is 4.98. The van der Waals surface area contributed by atoms with Gasteiger partial charge in [0.05, 0.1) is 5.52 Å². The SMILES string of the molecule is C=CCc1cccc(-c2ccc3ncc(-c4cc(F)cc(F)c4)c(CCC)c3c2)c1.CC.CC.CCCCC.CCCCCCC. The Balaban J connectivity index is 0.00000106. The van der Waals surface area contributed by atoms with Crippen LogP contribution in [0, 0.1) is 11.6 Å². The molecule has 0 radical (unpaired) electrons. The zero-order valence-corrected chi connectivity index (χ0v) is 30.6. The van der Waals surface area contributed by atoms with Gasteiger partial charge in [0.2, 0.25) is 0 Å². The van der Waals surface area contributed by atoms with E-state index in [1.165, 1.54) is 69.1 Å². The van der Waals surface area contributed by atoms with Gasteiger partial charge in [-0.3, -0.25) is 4.98 Å². The van der Waals surface area contributed by atoms with E-state index in [-0.39, 0.29) is 0 Å². The lowest BCUT2D eigenvalue weighted by Crippen LogP contribution is -1.96. The van der Waals surface area contributed by atoms with Crippen molar-refractivity contribution >= 4 is 10.9 Å². The van der Waals surface area contributed by atoms with E-state index in [0.717, 1.165) is 58.5 Å². The van der Waals surface area contributed by atoms with Crippen molar-refractivity contribution in [2.45, 2.75) is 133 Å². The number of aromatic nitrogens is 1. The first-order valence-corrected chi connectivity index (χ1v) is 18.0. The Morgan fingerprint density at radius 3 is 1.74 bits per heavy atom. The molecule has 0 bridgehead atoms. The number of halogens is 2. The molecule has 0 saturated carbocycles. The minimum Gasteiger partial charge on any atom is -0.256 e.